The van der Waals surface area contributed by atoms with Crippen LogP contribution in [0.5, 0.6) is 5.75 Å². The molecule has 5 heteroatoms. The molecule has 0 fully saturated rings. The van der Waals surface area contributed by atoms with Crippen LogP contribution in [-0.4, -0.2) is 11.9 Å². The van der Waals surface area contributed by atoms with Crippen molar-refractivity contribution in [3.8, 4) is 5.75 Å². The van der Waals surface area contributed by atoms with Gasteiger partial charge < -0.3 is 4.65 Å². The van der Waals surface area contributed by atoms with Crippen LogP contribution in [-0.2, 0) is 0 Å². The van der Waals surface area contributed by atoms with Crippen molar-refractivity contribution in [2.24, 2.45) is 0 Å². The van der Waals surface area contributed by atoms with Crippen LogP contribution in [0.15, 0.2) is 85.1 Å². The van der Waals surface area contributed by atoms with Crippen LogP contribution in [0.4, 0.5) is 4.39 Å². The molecule has 0 saturated heterocycles. The largest absolute Gasteiger partial charge is 0.550 e. The minimum Gasteiger partial charge on any atom is -0.550 e. The van der Waals surface area contributed by atoms with Gasteiger partial charge in [-0.25, -0.2) is 4.39 Å². The first kappa shape index (κ1) is 16.6. The number of rotatable bonds is 4. The lowest BCUT2D eigenvalue weighted by Gasteiger charge is -2.18. The number of hydrogen-bond acceptors (Lipinski definition) is 2. The Labute approximate surface area is 156 Å². The Kier molecular flexibility index (Phi) is 4.59. The fraction of sp³-hybridized carbons (Fsp3) is 0. The maximum atomic E-state index is 13.8. The van der Waals surface area contributed by atoms with Crippen LogP contribution in [0.2, 0.25) is 5.02 Å². The maximum absolute atomic E-state index is 13.8. The van der Waals surface area contributed by atoms with Crippen molar-refractivity contribution in [1.82, 2.24) is 4.98 Å². The van der Waals surface area contributed by atoms with Gasteiger partial charge >= 0.3 is 6.92 Å². The molecule has 0 aliphatic carbocycles. The molecule has 0 N–H and O–H groups in total. The molecule has 0 unspecified atom stereocenters. The molecule has 4 aromatic rings. The minimum absolute atomic E-state index is 0.311. The zero-order valence-electron chi connectivity index (χ0n) is 13.8. The number of nitrogens with zero attached hydrogens (tertiary/aromatic N) is 1. The van der Waals surface area contributed by atoms with E-state index in [0.29, 0.717) is 16.2 Å². The Morgan fingerprint density at radius 3 is 2.38 bits per heavy atom. The quantitative estimate of drug-likeness (QED) is 0.508. The Morgan fingerprint density at radius 2 is 1.58 bits per heavy atom. The molecule has 0 aliphatic rings. The smallest absolute Gasteiger partial charge is 0.426 e. The third-order valence-corrected chi connectivity index (χ3v) is 4.38. The molecule has 0 spiro atoms. The van der Waals surface area contributed by atoms with E-state index in [1.807, 2.05) is 54.6 Å². The molecule has 0 radical (unpaired) electrons. The van der Waals surface area contributed by atoms with E-state index >= 15 is 0 Å². The fourth-order valence-corrected chi connectivity index (χ4v) is 3.16. The summed E-state index contributed by atoms with van der Waals surface area (Å²) < 4.78 is 20.1. The van der Waals surface area contributed by atoms with E-state index in [4.69, 9.17) is 16.3 Å². The summed E-state index contributed by atoms with van der Waals surface area (Å²) in [7, 11) is 0. The van der Waals surface area contributed by atoms with E-state index in [1.54, 1.807) is 18.3 Å². The average molecular weight is 362 g/mol. The van der Waals surface area contributed by atoms with Crippen molar-refractivity contribution < 1.29 is 9.04 Å². The highest BCUT2D eigenvalue weighted by Gasteiger charge is 2.25. The Balaban J connectivity index is 1.83. The molecule has 126 valence electrons. The van der Waals surface area contributed by atoms with Gasteiger partial charge in [-0.15, -0.1) is 0 Å². The Bertz CT molecular complexity index is 1020. The third kappa shape index (κ3) is 3.42. The topological polar surface area (TPSA) is 22.1 Å². The predicted molar refractivity (Wildman–Crippen MR) is 105 cm³/mol. The monoisotopic (exact) mass is 361 g/mol. The number of fused-ring (bicyclic) bond motifs is 1. The molecule has 0 bridgehead atoms. The van der Waals surface area contributed by atoms with E-state index in [9.17, 15) is 4.39 Å². The molecule has 4 rings (SSSR count). The summed E-state index contributed by atoms with van der Waals surface area (Å²) >= 11 is 6.16. The van der Waals surface area contributed by atoms with Crippen molar-refractivity contribution in [3.05, 3.63) is 95.9 Å². The SMILES string of the molecule is Fc1cccc(B(Oc2cccc3cccnc23)c2cccc(Cl)c2)c1. The first-order valence-electron chi connectivity index (χ1n) is 8.22. The van der Waals surface area contributed by atoms with Gasteiger partial charge in [-0.2, -0.15) is 0 Å². The normalized spacial score (nSPS) is 10.7. The lowest BCUT2D eigenvalue weighted by molar-refractivity contribution is 0.595. The van der Waals surface area contributed by atoms with E-state index in [0.717, 1.165) is 16.4 Å². The highest BCUT2D eigenvalue weighted by atomic mass is 35.5. The van der Waals surface area contributed by atoms with E-state index in [1.165, 1.54) is 12.1 Å². The van der Waals surface area contributed by atoms with Crippen molar-refractivity contribution in [2.75, 3.05) is 0 Å². The van der Waals surface area contributed by atoms with E-state index in [2.05, 4.69) is 4.98 Å². The van der Waals surface area contributed by atoms with Gasteiger partial charge in [0.1, 0.15) is 17.1 Å². The van der Waals surface area contributed by atoms with Gasteiger partial charge in [0.05, 0.1) is 0 Å². The molecule has 26 heavy (non-hydrogen) atoms. The van der Waals surface area contributed by atoms with Crippen molar-refractivity contribution in [1.29, 1.82) is 0 Å². The maximum Gasteiger partial charge on any atom is 0.426 e. The van der Waals surface area contributed by atoms with Crippen LogP contribution in [0.25, 0.3) is 10.9 Å². The Morgan fingerprint density at radius 1 is 0.846 bits per heavy atom. The average Bonchev–Trinajstić information content (AvgIpc) is 2.66. The van der Waals surface area contributed by atoms with Gasteiger partial charge in [0.25, 0.3) is 0 Å². The van der Waals surface area contributed by atoms with Crippen molar-refractivity contribution in [3.63, 3.8) is 0 Å². The zero-order valence-corrected chi connectivity index (χ0v) is 14.5. The standard InChI is InChI=1S/C21H14BClFNO/c23-18-9-2-7-16(13-18)22(17-8-3-10-19(24)14-17)26-20-11-1-5-15-6-4-12-25-21(15)20/h1-14H. The predicted octanol–water partition coefficient (Wildman–Crippen LogP) is 4.21. The van der Waals surface area contributed by atoms with Crippen molar-refractivity contribution >= 4 is 40.3 Å². The Hall–Kier alpha value is -2.85. The van der Waals surface area contributed by atoms with Gasteiger partial charge in [-0.05, 0) is 47.3 Å². The fourth-order valence-electron chi connectivity index (χ4n) is 2.97. The first-order chi connectivity index (χ1) is 12.7. The minimum atomic E-state index is -0.503. The van der Waals surface area contributed by atoms with Gasteiger partial charge in [-0.3, -0.25) is 4.98 Å². The number of halogens is 2. The molecule has 1 heterocycles. The van der Waals surface area contributed by atoms with Gasteiger partial charge in [0.2, 0.25) is 0 Å². The van der Waals surface area contributed by atoms with Gasteiger partial charge in [0.15, 0.2) is 0 Å². The van der Waals surface area contributed by atoms with Crippen LogP contribution in [0.1, 0.15) is 0 Å². The van der Waals surface area contributed by atoms with E-state index < -0.39 is 6.92 Å². The second-order valence-corrected chi connectivity index (χ2v) is 6.38. The van der Waals surface area contributed by atoms with Crippen LogP contribution < -0.4 is 15.6 Å². The highest BCUT2D eigenvalue weighted by Crippen LogP contribution is 2.23. The zero-order chi connectivity index (χ0) is 17.9. The summed E-state index contributed by atoms with van der Waals surface area (Å²) in [6.45, 7) is -0.503. The van der Waals surface area contributed by atoms with Crippen LogP contribution in [0.3, 0.4) is 0 Å². The van der Waals surface area contributed by atoms with Crippen molar-refractivity contribution in [2.45, 2.75) is 0 Å². The lowest BCUT2D eigenvalue weighted by atomic mass is 9.55. The molecule has 1 aromatic heterocycles. The molecule has 2 nitrogen and oxygen atoms in total. The first-order valence-corrected chi connectivity index (χ1v) is 8.60. The molecule has 0 saturated carbocycles. The van der Waals surface area contributed by atoms with Crippen LogP contribution >= 0.6 is 11.6 Å². The summed E-state index contributed by atoms with van der Waals surface area (Å²) in [6.07, 6.45) is 1.73. The van der Waals surface area contributed by atoms with E-state index in [-0.39, 0.29) is 5.82 Å². The number of hydrogen-bond donors (Lipinski definition) is 0. The second-order valence-electron chi connectivity index (χ2n) is 5.94. The number of pyridine rings is 1. The number of aromatic nitrogens is 1. The summed E-state index contributed by atoms with van der Waals surface area (Å²) in [5.74, 6) is 0.325. The van der Waals surface area contributed by atoms with Gasteiger partial charge in [0, 0.05) is 16.6 Å². The lowest BCUT2D eigenvalue weighted by Crippen LogP contribution is -2.47. The summed E-state index contributed by atoms with van der Waals surface area (Å²) in [6, 6.07) is 23.4. The summed E-state index contributed by atoms with van der Waals surface area (Å²) in [4.78, 5) is 4.43. The second kappa shape index (κ2) is 7.18. The van der Waals surface area contributed by atoms with Gasteiger partial charge in [-0.1, -0.05) is 54.1 Å². The molecule has 0 atom stereocenters. The third-order valence-electron chi connectivity index (χ3n) is 4.14. The molecule has 0 amide bonds. The number of benzene rings is 3. The molecular weight excluding hydrogens is 348 g/mol. The van der Waals surface area contributed by atoms with Crippen LogP contribution in [0, 0.1) is 5.82 Å². The molecule has 0 aliphatic heterocycles. The highest BCUT2D eigenvalue weighted by molar-refractivity contribution is 6.80. The summed E-state index contributed by atoms with van der Waals surface area (Å²) in [5.41, 5.74) is 2.31. The number of para-hydroxylation sites is 1. The molecule has 3 aromatic carbocycles. The molecular formula is C21H14BClFNO. The summed E-state index contributed by atoms with van der Waals surface area (Å²) in [5, 5.41) is 1.58.